The highest BCUT2D eigenvalue weighted by Crippen LogP contribution is 2.29. The van der Waals surface area contributed by atoms with Crippen LogP contribution in [-0.4, -0.2) is 12.6 Å². The lowest BCUT2D eigenvalue weighted by Crippen LogP contribution is -2.18. The van der Waals surface area contributed by atoms with Gasteiger partial charge >= 0.3 is 11.6 Å². The second-order valence-corrected chi connectivity index (χ2v) is 6.53. The minimum Gasteiger partial charge on any atom is -0.481 e. The fourth-order valence-corrected chi connectivity index (χ4v) is 3.12. The summed E-state index contributed by atoms with van der Waals surface area (Å²) in [5, 5.41) is 0.789. The number of hydrogen-bond acceptors (Lipinski definition) is 5. The van der Waals surface area contributed by atoms with E-state index in [2.05, 4.69) is 0 Å². The van der Waals surface area contributed by atoms with E-state index in [9.17, 15) is 9.59 Å². The van der Waals surface area contributed by atoms with Gasteiger partial charge in [0.1, 0.15) is 17.1 Å². The van der Waals surface area contributed by atoms with Gasteiger partial charge in [-0.2, -0.15) is 0 Å². The smallest absolute Gasteiger partial charge is 0.349 e. The van der Waals surface area contributed by atoms with E-state index in [0.29, 0.717) is 11.3 Å². The van der Waals surface area contributed by atoms with Crippen LogP contribution >= 0.6 is 0 Å². The van der Waals surface area contributed by atoms with Gasteiger partial charge in [-0.05, 0) is 36.2 Å². The van der Waals surface area contributed by atoms with Gasteiger partial charge in [-0.15, -0.1) is 0 Å². The Morgan fingerprint density at radius 1 is 0.931 bits per heavy atom. The van der Waals surface area contributed by atoms with Gasteiger partial charge in [-0.3, -0.25) is 0 Å². The molecule has 0 aliphatic carbocycles. The van der Waals surface area contributed by atoms with Crippen molar-refractivity contribution in [3.05, 3.63) is 94.8 Å². The molecule has 0 atom stereocenters. The molecule has 0 radical (unpaired) electrons. The Labute approximate surface area is 167 Å². The molecule has 5 nitrogen and oxygen atoms in total. The van der Waals surface area contributed by atoms with Crippen LogP contribution in [0.5, 0.6) is 11.5 Å². The number of para-hydroxylation sites is 1. The summed E-state index contributed by atoms with van der Waals surface area (Å²) in [4.78, 5) is 23.8. The molecule has 1 heterocycles. The second-order valence-electron chi connectivity index (χ2n) is 6.53. The van der Waals surface area contributed by atoms with Crippen LogP contribution in [0.1, 0.15) is 5.56 Å². The molecule has 0 saturated carbocycles. The highest BCUT2D eigenvalue weighted by molar-refractivity contribution is 5.83. The first kappa shape index (κ1) is 18.5. The third-order valence-electron chi connectivity index (χ3n) is 4.47. The molecule has 0 saturated heterocycles. The summed E-state index contributed by atoms with van der Waals surface area (Å²) in [5.41, 5.74) is 2.62. The molecule has 144 valence electrons. The maximum Gasteiger partial charge on any atom is 0.349 e. The Bertz CT molecular complexity index is 1220. The summed E-state index contributed by atoms with van der Waals surface area (Å²) in [6.07, 6.45) is 0. The maximum atomic E-state index is 12.3. The van der Waals surface area contributed by atoms with Crippen molar-refractivity contribution in [3.8, 4) is 22.6 Å². The van der Waals surface area contributed by atoms with E-state index >= 15 is 0 Å². The summed E-state index contributed by atoms with van der Waals surface area (Å²) < 4.78 is 16.2. The topological polar surface area (TPSA) is 65.7 Å². The predicted octanol–water partition coefficient (Wildman–Crippen LogP) is 4.75. The largest absolute Gasteiger partial charge is 0.481 e. The van der Waals surface area contributed by atoms with Crippen LogP contribution in [0.2, 0.25) is 0 Å². The number of ether oxygens (including phenoxy) is 2. The van der Waals surface area contributed by atoms with Gasteiger partial charge in [0.2, 0.25) is 0 Å². The molecule has 4 aromatic rings. The van der Waals surface area contributed by atoms with Crippen molar-refractivity contribution in [1.82, 2.24) is 0 Å². The first-order chi connectivity index (χ1) is 14.1. The van der Waals surface area contributed by atoms with Gasteiger partial charge in [-0.25, -0.2) is 9.59 Å². The van der Waals surface area contributed by atoms with Gasteiger partial charge in [0.15, 0.2) is 6.61 Å². The molecule has 4 rings (SSSR count). The molecule has 0 aliphatic heterocycles. The number of carbonyl (C=O) groups is 1. The zero-order valence-corrected chi connectivity index (χ0v) is 15.8. The Kier molecular flexibility index (Phi) is 5.12. The minimum absolute atomic E-state index is 0.250. The standard InChI is InChI=1S/C24H18O5/c1-16-13-23(25)29-22-14-18(11-12-19(16)22)28-24(26)15-27-21-10-6-5-9-20(21)17-7-3-2-4-8-17/h2-14H,15H2,1H3. The van der Waals surface area contributed by atoms with Gasteiger partial charge in [-0.1, -0.05) is 48.5 Å². The summed E-state index contributed by atoms with van der Waals surface area (Å²) in [6, 6.07) is 23.7. The SMILES string of the molecule is Cc1cc(=O)oc2cc(OC(=O)COc3ccccc3-c3ccccc3)ccc12. The summed E-state index contributed by atoms with van der Waals surface area (Å²) in [7, 11) is 0. The first-order valence-electron chi connectivity index (χ1n) is 9.12. The van der Waals surface area contributed by atoms with Crippen molar-refractivity contribution < 1.29 is 18.7 Å². The first-order valence-corrected chi connectivity index (χ1v) is 9.12. The van der Waals surface area contributed by atoms with E-state index < -0.39 is 11.6 Å². The molecule has 29 heavy (non-hydrogen) atoms. The van der Waals surface area contributed by atoms with Crippen LogP contribution in [0.4, 0.5) is 0 Å². The predicted molar refractivity (Wildman–Crippen MR) is 110 cm³/mol. The molecular weight excluding hydrogens is 368 g/mol. The van der Waals surface area contributed by atoms with E-state index in [1.54, 1.807) is 12.1 Å². The third kappa shape index (κ3) is 4.19. The highest BCUT2D eigenvalue weighted by Gasteiger charge is 2.11. The average Bonchev–Trinajstić information content (AvgIpc) is 2.73. The molecular formula is C24H18O5. The van der Waals surface area contributed by atoms with Crippen molar-refractivity contribution in [1.29, 1.82) is 0 Å². The van der Waals surface area contributed by atoms with E-state index in [1.807, 2.05) is 61.5 Å². The van der Waals surface area contributed by atoms with Crippen LogP contribution in [0.15, 0.2) is 88.1 Å². The summed E-state index contributed by atoms with van der Waals surface area (Å²) >= 11 is 0. The quantitative estimate of drug-likeness (QED) is 0.281. The Hall–Kier alpha value is -3.86. The van der Waals surface area contributed by atoms with Crippen molar-refractivity contribution in [2.75, 3.05) is 6.61 Å². The highest BCUT2D eigenvalue weighted by atomic mass is 16.6. The van der Waals surface area contributed by atoms with Crippen LogP contribution in [0, 0.1) is 6.92 Å². The molecule has 0 fully saturated rings. The van der Waals surface area contributed by atoms with Crippen LogP contribution in [0.25, 0.3) is 22.1 Å². The summed E-state index contributed by atoms with van der Waals surface area (Å²) in [5.74, 6) is 0.328. The number of hydrogen-bond donors (Lipinski definition) is 0. The lowest BCUT2D eigenvalue weighted by Gasteiger charge is -2.11. The Morgan fingerprint density at radius 2 is 1.69 bits per heavy atom. The van der Waals surface area contributed by atoms with Gasteiger partial charge in [0.25, 0.3) is 0 Å². The number of esters is 1. The molecule has 0 amide bonds. The third-order valence-corrected chi connectivity index (χ3v) is 4.47. The van der Waals surface area contributed by atoms with Gasteiger partial charge < -0.3 is 13.9 Å². The van der Waals surface area contributed by atoms with E-state index in [4.69, 9.17) is 13.9 Å². The fourth-order valence-electron chi connectivity index (χ4n) is 3.12. The number of aryl methyl sites for hydroxylation is 1. The average molecular weight is 386 g/mol. The lowest BCUT2D eigenvalue weighted by atomic mass is 10.1. The van der Waals surface area contributed by atoms with Gasteiger partial charge in [0.05, 0.1) is 0 Å². The van der Waals surface area contributed by atoms with E-state index in [0.717, 1.165) is 22.1 Å². The van der Waals surface area contributed by atoms with E-state index in [1.165, 1.54) is 12.1 Å². The monoisotopic (exact) mass is 386 g/mol. The molecule has 0 spiro atoms. The maximum absolute atomic E-state index is 12.3. The number of rotatable bonds is 5. The van der Waals surface area contributed by atoms with Crippen molar-refractivity contribution >= 4 is 16.9 Å². The molecule has 0 aliphatic rings. The molecule has 0 unspecified atom stereocenters. The van der Waals surface area contributed by atoms with Crippen molar-refractivity contribution in [3.63, 3.8) is 0 Å². The zero-order valence-electron chi connectivity index (χ0n) is 15.8. The Balaban J connectivity index is 1.48. The van der Waals surface area contributed by atoms with Crippen LogP contribution in [0.3, 0.4) is 0 Å². The van der Waals surface area contributed by atoms with Crippen LogP contribution in [-0.2, 0) is 4.79 Å². The lowest BCUT2D eigenvalue weighted by molar-refractivity contribution is -0.136. The molecule has 5 heteroatoms. The molecule has 3 aromatic carbocycles. The normalized spacial score (nSPS) is 10.7. The number of fused-ring (bicyclic) bond motifs is 1. The number of carbonyl (C=O) groups excluding carboxylic acids is 1. The molecule has 0 N–H and O–H groups in total. The number of benzene rings is 3. The molecule has 1 aromatic heterocycles. The van der Waals surface area contributed by atoms with Crippen LogP contribution < -0.4 is 15.1 Å². The summed E-state index contributed by atoms with van der Waals surface area (Å²) in [6.45, 7) is 1.57. The fraction of sp³-hybridized carbons (Fsp3) is 0.0833. The van der Waals surface area contributed by atoms with Crippen molar-refractivity contribution in [2.45, 2.75) is 6.92 Å². The second kappa shape index (κ2) is 8.02. The van der Waals surface area contributed by atoms with Gasteiger partial charge in [0, 0.05) is 23.1 Å². The molecule has 0 bridgehead atoms. The zero-order chi connectivity index (χ0) is 20.2. The van der Waals surface area contributed by atoms with Crippen molar-refractivity contribution in [2.24, 2.45) is 0 Å². The Morgan fingerprint density at radius 3 is 2.52 bits per heavy atom. The minimum atomic E-state index is -0.554. The van der Waals surface area contributed by atoms with E-state index in [-0.39, 0.29) is 12.4 Å².